The Kier molecular flexibility index (Phi) is 4.76. The Morgan fingerprint density at radius 2 is 1.52 bits per heavy atom. The molecule has 0 bridgehead atoms. The number of rotatable bonds is 2. The maximum absolute atomic E-state index is 6.40. The highest BCUT2D eigenvalue weighted by molar-refractivity contribution is 6.31. The van der Waals surface area contributed by atoms with Crippen LogP contribution in [0.1, 0.15) is 53.4 Å². The summed E-state index contributed by atoms with van der Waals surface area (Å²) in [7, 11) is 0. The van der Waals surface area contributed by atoms with Gasteiger partial charge >= 0.3 is 0 Å². The molecule has 1 nitrogen and oxygen atoms in total. The fourth-order valence-corrected chi connectivity index (χ4v) is 5.89. The number of aryl methyl sites for hydroxylation is 1. The molecular weight excluding hydrogens is 397 g/mol. The highest BCUT2D eigenvalue weighted by Crippen LogP contribution is 2.59. The van der Waals surface area contributed by atoms with E-state index in [0.717, 1.165) is 28.6 Å². The molecule has 0 amide bonds. The molecule has 0 aromatic heterocycles. The molecule has 2 aliphatic rings. The summed E-state index contributed by atoms with van der Waals surface area (Å²) in [5.41, 5.74) is 6.10. The van der Waals surface area contributed by atoms with Gasteiger partial charge in [0.2, 0.25) is 0 Å². The Labute approximate surface area is 182 Å². The van der Waals surface area contributed by atoms with Gasteiger partial charge in [-0.1, -0.05) is 77.7 Å². The Morgan fingerprint density at radius 1 is 0.828 bits per heavy atom. The minimum absolute atomic E-state index is 0.184. The number of halogens is 2. The van der Waals surface area contributed by atoms with E-state index in [1.165, 1.54) is 28.7 Å². The van der Waals surface area contributed by atoms with Gasteiger partial charge in [-0.3, -0.25) is 4.99 Å². The topological polar surface area (TPSA) is 12.4 Å². The lowest BCUT2D eigenvalue weighted by Gasteiger charge is -2.47. The van der Waals surface area contributed by atoms with Crippen LogP contribution < -0.4 is 0 Å². The molecule has 0 saturated heterocycles. The number of nitrogens with zero attached hydrogens (tertiary/aromatic N) is 1. The third-order valence-corrected chi connectivity index (χ3v) is 7.15. The molecule has 3 atom stereocenters. The number of benzene rings is 3. The van der Waals surface area contributed by atoms with E-state index in [-0.39, 0.29) is 5.41 Å². The molecule has 1 aliphatic heterocycles. The first-order valence-corrected chi connectivity index (χ1v) is 11.0. The Morgan fingerprint density at radius 3 is 2.24 bits per heavy atom. The second kappa shape index (κ2) is 7.31. The summed E-state index contributed by atoms with van der Waals surface area (Å²) in [6.07, 6.45) is 5.67. The van der Waals surface area contributed by atoms with Crippen molar-refractivity contribution in [3.05, 3.63) is 99.0 Å². The fourth-order valence-electron chi connectivity index (χ4n) is 5.52. The van der Waals surface area contributed by atoms with Crippen LogP contribution in [-0.4, -0.2) is 6.21 Å². The fraction of sp³-hybridized carbons (Fsp3) is 0.269. The molecule has 1 saturated carbocycles. The normalized spacial score (nSPS) is 25.3. The van der Waals surface area contributed by atoms with Crippen LogP contribution in [0.15, 0.2) is 71.7 Å². The molecular formula is C26H23Cl2N. The zero-order valence-corrected chi connectivity index (χ0v) is 17.9. The molecule has 0 radical (unpaired) electrons. The quantitative estimate of drug-likeness (QED) is 0.398. The first kappa shape index (κ1) is 18.9. The summed E-state index contributed by atoms with van der Waals surface area (Å²) in [5.74, 6) is 0.693. The van der Waals surface area contributed by atoms with Crippen molar-refractivity contribution < 1.29 is 0 Å². The zero-order chi connectivity index (χ0) is 20.0. The van der Waals surface area contributed by atoms with E-state index in [4.69, 9.17) is 28.2 Å². The van der Waals surface area contributed by atoms with Crippen molar-refractivity contribution in [2.45, 2.75) is 43.4 Å². The van der Waals surface area contributed by atoms with Crippen LogP contribution >= 0.6 is 23.2 Å². The van der Waals surface area contributed by atoms with Gasteiger partial charge in [0.05, 0.1) is 5.69 Å². The summed E-state index contributed by atoms with van der Waals surface area (Å²) in [4.78, 5) is 4.89. The lowest BCUT2D eigenvalue weighted by Crippen LogP contribution is -2.43. The Hall–Kier alpha value is -2.09. The first-order chi connectivity index (χ1) is 14.1. The van der Waals surface area contributed by atoms with Gasteiger partial charge in [-0.2, -0.15) is 0 Å². The monoisotopic (exact) mass is 419 g/mol. The van der Waals surface area contributed by atoms with E-state index < -0.39 is 0 Å². The van der Waals surface area contributed by atoms with E-state index in [2.05, 4.69) is 61.7 Å². The van der Waals surface area contributed by atoms with Crippen LogP contribution in [0.25, 0.3) is 0 Å². The molecule has 3 unspecified atom stereocenters. The second-order valence-electron chi connectivity index (χ2n) is 8.36. The molecule has 1 spiro atoms. The van der Waals surface area contributed by atoms with E-state index in [9.17, 15) is 0 Å². The summed E-state index contributed by atoms with van der Waals surface area (Å²) >= 11 is 12.7. The first-order valence-electron chi connectivity index (χ1n) is 10.3. The predicted octanol–water partition coefficient (Wildman–Crippen LogP) is 8.01. The molecule has 3 heteroatoms. The lowest BCUT2D eigenvalue weighted by molar-refractivity contribution is 0.290. The van der Waals surface area contributed by atoms with E-state index in [1.54, 1.807) is 0 Å². The minimum Gasteiger partial charge on any atom is -0.260 e. The molecule has 29 heavy (non-hydrogen) atoms. The Balaban J connectivity index is 1.74. The summed E-state index contributed by atoms with van der Waals surface area (Å²) in [6.45, 7) is 2.17. The summed E-state index contributed by atoms with van der Waals surface area (Å²) in [5, 5.41) is 1.53. The van der Waals surface area contributed by atoms with E-state index in [1.807, 2.05) is 18.2 Å². The largest absolute Gasteiger partial charge is 0.260 e. The SMILES string of the molecule is Cc1cccc(C2CCCC(c3cccc(Cl)c3)C23C=Nc2cc(Cl)ccc23)c1. The van der Waals surface area contributed by atoms with Crippen molar-refractivity contribution in [3.63, 3.8) is 0 Å². The van der Waals surface area contributed by atoms with Crippen LogP contribution in [-0.2, 0) is 5.41 Å². The summed E-state index contributed by atoms with van der Waals surface area (Å²) in [6, 6.07) is 23.5. The molecule has 0 N–H and O–H groups in total. The predicted molar refractivity (Wildman–Crippen MR) is 123 cm³/mol. The highest BCUT2D eigenvalue weighted by Gasteiger charge is 2.52. The van der Waals surface area contributed by atoms with Crippen LogP contribution in [0.3, 0.4) is 0 Å². The van der Waals surface area contributed by atoms with Gasteiger partial charge in [-0.25, -0.2) is 0 Å². The number of hydrogen-bond donors (Lipinski definition) is 0. The van der Waals surface area contributed by atoms with Crippen molar-refractivity contribution >= 4 is 35.1 Å². The standard InChI is InChI=1S/C26H23Cl2N/c1-17-5-2-6-18(13-17)22-9-4-10-23(19-7-3-8-20(27)14-19)26(22)16-29-25-15-21(28)11-12-24(25)26/h2-3,5-8,11-16,22-23H,4,9-10H2,1H3. The van der Waals surface area contributed by atoms with Gasteiger partial charge in [-0.15, -0.1) is 0 Å². The molecule has 3 aromatic rings. The highest BCUT2D eigenvalue weighted by atomic mass is 35.5. The smallest absolute Gasteiger partial charge is 0.0682 e. The van der Waals surface area contributed by atoms with Crippen molar-refractivity contribution in [1.29, 1.82) is 0 Å². The number of aliphatic imine (C=N–C) groups is 1. The average Bonchev–Trinajstić information content (AvgIpc) is 3.06. The molecule has 1 aliphatic carbocycles. The van der Waals surface area contributed by atoms with Crippen molar-refractivity contribution in [2.24, 2.45) is 4.99 Å². The van der Waals surface area contributed by atoms with Gasteiger partial charge in [0, 0.05) is 21.7 Å². The van der Waals surface area contributed by atoms with Crippen molar-refractivity contribution in [1.82, 2.24) is 0 Å². The third-order valence-electron chi connectivity index (χ3n) is 6.68. The van der Waals surface area contributed by atoms with Gasteiger partial charge in [0.1, 0.15) is 0 Å². The lowest BCUT2D eigenvalue weighted by atomic mass is 9.54. The molecule has 1 fully saturated rings. The zero-order valence-electron chi connectivity index (χ0n) is 16.4. The maximum atomic E-state index is 6.40. The van der Waals surface area contributed by atoms with Gasteiger partial charge in [0.25, 0.3) is 0 Å². The van der Waals surface area contributed by atoms with Crippen LogP contribution in [0, 0.1) is 6.92 Å². The number of hydrogen-bond acceptors (Lipinski definition) is 1. The van der Waals surface area contributed by atoms with Crippen molar-refractivity contribution in [2.75, 3.05) is 0 Å². The Bertz CT molecular complexity index is 1050. The van der Waals surface area contributed by atoms with Gasteiger partial charge < -0.3 is 0 Å². The minimum atomic E-state index is -0.184. The number of fused-ring (bicyclic) bond motifs is 2. The van der Waals surface area contributed by atoms with Crippen LogP contribution in [0.4, 0.5) is 5.69 Å². The van der Waals surface area contributed by atoms with Crippen LogP contribution in [0.5, 0.6) is 0 Å². The van der Waals surface area contributed by atoms with Crippen LogP contribution in [0.2, 0.25) is 10.0 Å². The molecule has 146 valence electrons. The molecule has 5 rings (SSSR count). The molecule has 1 heterocycles. The third kappa shape index (κ3) is 3.12. The van der Waals surface area contributed by atoms with Gasteiger partial charge in [0.15, 0.2) is 0 Å². The molecule has 3 aromatic carbocycles. The van der Waals surface area contributed by atoms with Crippen molar-refractivity contribution in [3.8, 4) is 0 Å². The average molecular weight is 420 g/mol. The van der Waals surface area contributed by atoms with E-state index in [0.29, 0.717) is 11.8 Å². The van der Waals surface area contributed by atoms with E-state index >= 15 is 0 Å². The maximum Gasteiger partial charge on any atom is 0.0682 e. The van der Waals surface area contributed by atoms with Gasteiger partial charge in [-0.05, 0) is 72.6 Å². The second-order valence-corrected chi connectivity index (χ2v) is 9.23. The summed E-state index contributed by atoms with van der Waals surface area (Å²) < 4.78 is 0.